The van der Waals surface area contributed by atoms with Crippen LogP contribution in [0, 0.1) is 12.8 Å². The Morgan fingerprint density at radius 1 is 1.26 bits per heavy atom. The molecule has 1 aromatic rings. The Kier molecular flexibility index (Phi) is 3.98. The number of benzene rings is 1. The van der Waals surface area contributed by atoms with E-state index in [1.165, 1.54) is 22.5 Å². The number of rotatable bonds is 4. The van der Waals surface area contributed by atoms with E-state index in [0.717, 1.165) is 12.8 Å². The van der Waals surface area contributed by atoms with Gasteiger partial charge in [-0.05, 0) is 56.2 Å². The predicted octanol–water partition coefficient (Wildman–Crippen LogP) is 1.62. The van der Waals surface area contributed by atoms with E-state index in [2.05, 4.69) is 0 Å². The van der Waals surface area contributed by atoms with Gasteiger partial charge in [0.05, 0.1) is 16.1 Å². The highest BCUT2D eigenvalue weighted by Gasteiger charge is 2.48. The van der Waals surface area contributed by atoms with Crippen LogP contribution >= 0.6 is 0 Å². The molecule has 0 bridgehead atoms. The molecule has 3 rings (SSSR count). The minimum Gasteiger partial charge on any atom is -0.478 e. The molecule has 1 heterocycles. The van der Waals surface area contributed by atoms with Crippen LogP contribution in [0.1, 0.15) is 41.6 Å². The third-order valence-electron chi connectivity index (χ3n) is 5.05. The van der Waals surface area contributed by atoms with Crippen LogP contribution in [0.2, 0.25) is 0 Å². The van der Waals surface area contributed by atoms with Gasteiger partial charge in [0.2, 0.25) is 10.0 Å². The molecule has 0 amide bonds. The largest absolute Gasteiger partial charge is 0.478 e. The summed E-state index contributed by atoms with van der Waals surface area (Å²) in [5.41, 5.74) is -0.0321. The Labute approximate surface area is 135 Å². The first kappa shape index (κ1) is 16.4. The first-order chi connectivity index (χ1) is 10.7. The van der Waals surface area contributed by atoms with E-state index in [4.69, 9.17) is 5.11 Å². The molecular formula is C16H21NO5S. The highest BCUT2D eigenvalue weighted by atomic mass is 32.2. The third kappa shape index (κ3) is 3.00. The van der Waals surface area contributed by atoms with Crippen molar-refractivity contribution in [3.8, 4) is 0 Å². The quantitative estimate of drug-likeness (QED) is 0.869. The van der Waals surface area contributed by atoms with Crippen molar-refractivity contribution in [1.82, 2.24) is 4.31 Å². The lowest BCUT2D eigenvalue weighted by Crippen LogP contribution is -2.41. The maximum absolute atomic E-state index is 12.7. The van der Waals surface area contributed by atoms with E-state index in [9.17, 15) is 18.3 Å². The summed E-state index contributed by atoms with van der Waals surface area (Å²) in [5, 5.41) is 19.3. The van der Waals surface area contributed by atoms with Gasteiger partial charge in [0.25, 0.3) is 0 Å². The Balaban J connectivity index is 1.80. The molecular weight excluding hydrogens is 318 g/mol. The van der Waals surface area contributed by atoms with Gasteiger partial charge in [-0.3, -0.25) is 0 Å². The Morgan fingerprint density at radius 2 is 1.87 bits per heavy atom. The lowest BCUT2D eigenvalue weighted by atomic mass is 9.90. The average Bonchev–Trinajstić information content (AvgIpc) is 3.26. The molecule has 23 heavy (non-hydrogen) atoms. The number of piperidine rings is 1. The van der Waals surface area contributed by atoms with Crippen molar-refractivity contribution in [2.24, 2.45) is 5.92 Å². The second-order valence-corrected chi connectivity index (χ2v) is 8.50. The summed E-state index contributed by atoms with van der Waals surface area (Å²) in [6.07, 6.45) is 2.91. The van der Waals surface area contributed by atoms with Gasteiger partial charge >= 0.3 is 5.97 Å². The monoisotopic (exact) mass is 339 g/mol. The molecule has 0 radical (unpaired) electrons. The summed E-state index contributed by atoms with van der Waals surface area (Å²) in [6, 6.07) is 4.21. The highest BCUT2D eigenvalue weighted by molar-refractivity contribution is 7.89. The molecule has 0 atom stereocenters. The summed E-state index contributed by atoms with van der Waals surface area (Å²) < 4.78 is 26.8. The molecule has 0 spiro atoms. The van der Waals surface area contributed by atoms with Crippen LogP contribution in [-0.2, 0) is 10.0 Å². The molecule has 0 aromatic heterocycles. The second-order valence-electron chi connectivity index (χ2n) is 6.56. The van der Waals surface area contributed by atoms with Gasteiger partial charge in [0.15, 0.2) is 0 Å². The zero-order valence-electron chi connectivity index (χ0n) is 13.0. The molecule has 2 fully saturated rings. The van der Waals surface area contributed by atoms with Crippen molar-refractivity contribution in [3.05, 3.63) is 29.3 Å². The van der Waals surface area contributed by atoms with E-state index in [0.29, 0.717) is 31.5 Å². The van der Waals surface area contributed by atoms with Gasteiger partial charge in [-0.15, -0.1) is 0 Å². The molecule has 2 N–H and O–H groups in total. The molecule has 1 aromatic carbocycles. The van der Waals surface area contributed by atoms with Gasteiger partial charge in [-0.1, -0.05) is 6.07 Å². The molecule has 6 nitrogen and oxygen atoms in total. The van der Waals surface area contributed by atoms with Gasteiger partial charge in [0.1, 0.15) is 0 Å². The Morgan fingerprint density at radius 3 is 2.39 bits per heavy atom. The average molecular weight is 339 g/mol. The van der Waals surface area contributed by atoms with Crippen molar-refractivity contribution >= 4 is 16.0 Å². The van der Waals surface area contributed by atoms with Gasteiger partial charge < -0.3 is 10.2 Å². The van der Waals surface area contributed by atoms with Crippen LogP contribution in [0.4, 0.5) is 0 Å². The van der Waals surface area contributed by atoms with E-state index >= 15 is 0 Å². The predicted molar refractivity (Wildman–Crippen MR) is 83.8 cm³/mol. The third-order valence-corrected chi connectivity index (χ3v) is 6.95. The van der Waals surface area contributed by atoms with Crippen molar-refractivity contribution in [2.45, 2.75) is 43.1 Å². The number of nitrogens with zero attached hydrogens (tertiary/aromatic N) is 1. The number of carboxylic acids is 1. The normalized spacial score (nSPS) is 22.0. The van der Waals surface area contributed by atoms with Crippen molar-refractivity contribution in [3.63, 3.8) is 0 Å². The number of carbonyl (C=O) groups is 1. The lowest BCUT2D eigenvalue weighted by Gasteiger charge is -2.33. The Bertz CT molecular complexity index is 731. The number of aromatic carboxylic acids is 1. The molecule has 1 aliphatic heterocycles. The molecule has 0 unspecified atom stereocenters. The van der Waals surface area contributed by atoms with Gasteiger partial charge in [-0.2, -0.15) is 4.31 Å². The van der Waals surface area contributed by atoms with Crippen LogP contribution in [0.5, 0.6) is 0 Å². The summed E-state index contributed by atoms with van der Waals surface area (Å²) in [6.45, 7) is 2.37. The molecule has 1 aliphatic carbocycles. The van der Waals surface area contributed by atoms with E-state index in [1.54, 1.807) is 6.92 Å². The summed E-state index contributed by atoms with van der Waals surface area (Å²) in [7, 11) is -3.69. The Hall–Kier alpha value is -1.44. The van der Waals surface area contributed by atoms with Crippen molar-refractivity contribution in [2.75, 3.05) is 13.1 Å². The van der Waals surface area contributed by atoms with Crippen molar-refractivity contribution in [1.29, 1.82) is 0 Å². The second kappa shape index (κ2) is 5.58. The van der Waals surface area contributed by atoms with Crippen LogP contribution in [0.15, 0.2) is 23.1 Å². The van der Waals surface area contributed by atoms with Gasteiger partial charge in [-0.25, -0.2) is 13.2 Å². The molecule has 2 aliphatic rings. The van der Waals surface area contributed by atoms with E-state index in [1.807, 2.05) is 0 Å². The number of carboxylic acid groups (broad SMARTS) is 1. The standard InChI is InChI=1S/C16H21NO5S/c1-11-2-3-13(10-14(11)15(18)19)23(21,22)17-8-4-12(5-9-17)16(20)6-7-16/h2-3,10,12,20H,4-9H2,1H3,(H,18,19). The minimum atomic E-state index is -3.69. The lowest BCUT2D eigenvalue weighted by molar-refractivity contribution is 0.0534. The molecule has 1 saturated carbocycles. The minimum absolute atomic E-state index is 0.00764. The van der Waals surface area contributed by atoms with Gasteiger partial charge in [0, 0.05) is 13.1 Å². The SMILES string of the molecule is Cc1ccc(S(=O)(=O)N2CCC(C3(O)CC3)CC2)cc1C(=O)O. The van der Waals surface area contributed by atoms with Crippen molar-refractivity contribution < 1.29 is 23.4 Å². The van der Waals surface area contributed by atoms with E-state index in [-0.39, 0.29) is 16.4 Å². The summed E-state index contributed by atoms with van der Waals surface area (Å²) in [5.74, 6) is -0.962. The van der Waals surface area contributed by atoms with Crippen LogP contribution < -0.4 is 0 Å². The zero-order chi connectivity index (χ0) is 16.8. The fourth-order valence-electron chi connectivity index (χ4n) is 3.31. The fourth-order valence-corrected chi connectivity index (χ4v) is 4.81. The first-order valence-electron chi connectivity index (χ1n) is 7.80. The first-order valence-corrected chi connectivity index (χ1v) is 9.24. The van der Waals surface area contributed by atoms with Crippen LogP contribution in [0.3, 0.4) is 0 Å². The summed E-state index contributed by atoms with van der Waals surface area (Å²) in [4.78, 5) is 11.2. The van der Waals surface area contributed by atoms with Crippen LogP contribution in [0.25, 0.3) is 0 Å². The number of hydrogen-bond donors (Lipinski definition) is 2. The van der Waals surface area contributed by atoms with E-state index < -0.39 is 21.6 Å². The topological polar surface area (TPSA) is 94.9 Å². The fraction of sp³-hybridized carbons (Fsp3) is 0.562. The number of aryl methyl sites for hydroxylation is 1. The zero-order valence-corrected chi connectivity index (χ0v) is 13.8. The number of hydrogen-bond acceptors (Lipinski definition) is 4. The van der Waals surface area contributed by atoms with Crippen LogP contribution in [-0.4, -0.2) is 47.6 Å². The maximum atomic E-state index is 12.7. The number of sulfonamides is 1. The molecule has 1 saturated heterocycles. The molecule has 7 heteroatoms. The number of aliphatic hydroxyl groups is 1. The smallest absolute Gasteiger partial charge is 0.335 e. The highest BCUT2D eigenvalue weighted by Crippen LogP contribution is 2.46. The molecule has 126 valence electrons. The summed E-state index contributed by atoms with van der Waals surface area (Å²) >= 11 is 0. The maximum Gasteiger partial charge on any atom is 0.335 e.